The van der Waals surface area contributed by atoms with Gasteiger partial charge in [0, 0.05) is 0 Å². The highest BCUT2D eigenvalue weighted by Crippen LogP contribution is 2.17. The smallest absolute Gasteiger partial charge is 0.172 e. The second-order valence-corrected chi connectivity index (χ2v) is 2.95. The van der Waals surface area contributed by atoms with E-state index in [1.165, 1.54) is 19.1 Å². The zero-order valence-corrected chi connectivity index (χ0v) is 7.77. The number of Topliss-reactive ketones (excluding diaryl/α,β-unsaturated/α-hetero) is 1. The molecule has 1 rings (SSSR count). The van der Waals surface area contributed by atoms with Gasteiger partial charge in [-0.05, 0) is 19.1 Å². The van der Waals surface area contributed by atoms with Crippen LogP contribution < -0.4 is 0 Å². The summed E-state index contributed by atoms with van der Waals surface area (Å²) < 4.78 is 0. The van der Waals surface area contributed by atoms with E-state index in [1.54, 1.807) is 12.1 Å². The van der Waals surface area contributed by atoms with E-state index in [-0.39, 0.29) is 23.5 Å². The van der Waals surface area contributed by atoms with Crippen LogP contribution >= 0.6 is 0 Å². The normalized spacial score (nSPS) is 11.4. The van der Waals surface area contributed by atoms with Gasteiger partial charge in [-0.1, -0.05) is 17.3 Å². The van der Waals surface area contributed by atoms with Crippen LogP contribution in [0.4, 0.5) is 0 Å². The average Bonchev–Trinajstić information content (AvgIpc) is 2.18. The highest BCUT2D eigenvalue weighted by molar-refractivity contribution is 6.10. The third-order valence-corrected chi connectivity index (χ3v) is 1.79. The fourth-order valence-corrected chi connectivity index (χ4v) is 1.07. The van der Waals surface area contributed by atoms with E-state index in [1.807, 2.05) is 0 Å². The highest BCUT2D eigenvalue weighted by Gasteiger charge is 2.11. The van der Waals surface area contributed by atoms with E-state index in [2.05, 4.69) is 5.16 Å². The van der Waals surface area contributed by atoms with E-state index in [0.29, 0.717) is 5.71 Å². The van der Waals surface area contributed by atoms with Gasteiger partial charge in [0.15, 0.2) is 5.78 Å². The topological polar surface area (TPSA) is 69.9 Å². The molecule has 0 aromatic heterocycles. The Balaban J connectivity index is 2.85. The summed E-state index contributed by atoms with van der Waals surface area (Å²) in [5.41, 5.74) is 0.564. The Morgan fingerprint density at radius 3 is 2.64 bits per heavy atom. The molecular formula is C10H11NO3. The van der Waals surface area contributed by atoms with E-state index >= 15 is 0 Å². The number of ketones is 1. The molecule has 0 amide bonds. The lowest BCUT2D eigenvalue weighted by molar-refractivity contribution is 0.0997. The number of phenolic OH excluding ortho intramolecular Hbond substituents is 1. The van der Waals surface area contributed by atoms with E-state index < -0.39 is 0 Å². The standard InChI is InChI=1S/C10H11NO3/c1-7(11-14)6-10(13)8-4-2-3-5-9(8)12/h2-5,12,14H,6H2,1H3. The van der Waals surface area contributed by atoms with Gasteiger partial charge in [-0.2, -0.15) is 0 Å². The zero-order valence-electron chi connectivity index (χ0n) is 7.77. The molecule has 4 heteroatoms. The number of aromatic hydroxyl groups is 1. The van der Waals surface area contributed by atoms with Crippen molar-refractivity contribution in [2.45, 2.75) is 13.3 Å². The van der Waals surface area contributed by atoms with Crippen LogP contribution in [-0.4, -0.2) is 21.8 Å². The third kappa shape index (κ3) is 2.32. The average molecular weight is 193 g/mol. The van der Waals surface area contributed by atoms with E-state index in [4.69, 9.17) is 5.21 Å². The van der Waals surface area contributed by atoms with Crippen molar-refractivity contribution >= 4 is 11.5 Å². The van der Waals surface area contributed by atoms with Crippen LogP contribution in [0.15, 0.2) is 29.4 Å². The van der Waals surface area contributed by atoms with Crippen LogP contribution in [0, 0.1) is 0 Å². The monoisotopic (exact) mass is 193 g/mol. The Labute approximate surface area is 81.5 Å². The van der Waals surface area contributed by atoms with Gasteiger partial charge in [0.1, 0.15) is 5.75 Å². The second-order valence-electron chi connectivity index (χ2n) is 2.95. The maximum atomic E-state index is 11.5. The molecule has 0 radical (unpaired) electrons. The lowest BCUT2D eigenvalue weighted by Crippen LogP contribution is -2.05. The number of hydrogen-bond donors (Lipinski definition) is 2. The van der Waals surface area contributed by atoms with Crippen molar-refractivity contribution in [2.24, 2.45) is 5.16 Å². The summed E-state index contributed by atoms with van der Waals surface area (Å²) in [5, 5.41) is 20.6. The van der Waals surface area contributed by atoms with Gasteiger partial charge in [0.2, 0.25) is 0 Å². The number of oxime groups is 1. The second kappa shape index (κ2) is 4.41. The molecule has 1 aromatic carbocycles. The van der Waals surface area contributed by atoms with Gasteiger partial charge in [-0.15, -0.1) is 0 Å². The molecule has 4 nitrogen and oxygen atoms in total. The minimum atomic E-state index is -0.265. The number of carbonyl (C=O) groups excluding carboxylic acids is 1. The minimum Gasteiger partial charge on any atom is -0.507 e. The Morgan fingerprint density at radius 1 is 1.43 bits per heavy atom. The predicted octanol–water partition coefficient (Wildman–Crippen LogP) is 1.82. The summed E-state index contributed by atoms with van der Waals surface area (Å²) in [6.45, 7) is 1.54. The molecule has 0 aliphatic heterocycles. The first-order valence-electron chi connectivity index (χ1n) is 4.14. The van der Waals surface area contributed by atoms with Gasteiger partial charge >= 0.3 is 0 Å². The third-order valence-electron chi connectivity index (χ3n) is 1.79. The van der Waals surface area contributed by atoms with Crippen LogP contribution in [-0.2, 0) is 0 Å². The van der Waals surface area contributed by atoms with Gasteiger partial charge < -0.3 is 10.3 Å². The first-order chi connectivity index (χ1) is 6.65. The SMILES string of the molecule is CC(CC(=O)c1ccccc1O)=NO. The number of hydrogen-bond acceptors (Lipinski definition) is 4. The number of carbonyl (C=O) groups is 1. The number of phenols is 1. The summed E-state index contributed by atoms with van der Waals surface area (Å²) >= 11 is 0. The van der Waals surface area contributed by atoms with Crippen LogP contribution in [0.2, 0.25) is 0 Å². The Kier molecular flexibility index (Phi) is 3.23. The largest absolute Gasteiger partial charge is 0.507 e. The van der Waals surface area contributed by atoms with Crippen molar-refractivity contribution < 1.29 is 15.1 Å². The van der Waals surface area contributed by atoms with Gasteiger partial charge in [-0.3, -0.25) is 4.79 Å². The number of rotatable bonds is 3. The lowest BCUT2D eigenvalue weighted by atomic mass is 10.1. The molecule has 0 fully saturated rings. The van der Waals surface area contributed by atoms with Crippen molar-refractivity contribution in [2.75, 3.05) is 0 Å². The van der Waals surface area contributed by atoms with Gasteiger partial charge in [0.05, 0.1) is 17.7 Å². The fraction of sp³-hybridized carbons (Fsp3) is 0.200. The Morgan fingerprint density at radius 2 is 2.07 bits per heavy atom. The molecule has 74 valence electrons. The summed E-state index contributed by atoms with van der Waals surface area (Å²) in [6, 6.07) is 6.28. The molecule has 0 aliphatic rings. The zero-order chi connectivity index (χ0) is 10.6. The van der Waals surface area contributed by atoms with E-state index in [0.717, 1.165) is 0 Å². The van der Waals surface area contributed by atoms with Crippen LogP contribution in [0.1, 0.15) is 23.7 Å². The maximum Gasteiger partial charge on any atom is 0.172 e. The quantitative estimate of drug-likeness (QED) is 0.333. The molecule has 0 unspecified atom stereocenters. The number of para-hydroxylation sites is 1. The minimum absolute atomic E-state index is 0.00801. The van der Waals surface area contributed by atoms with Crippen LogP contribution in [0.25, 0.3) is 0 Å². The van der Waals surface area contributed by atoms with Gasteiger partial charge in [0.25, 0.3) is 0 Å². The fourth-order valence-electron chi connectivity index (χ4n) is 1.07. The summed E-state index contributed by atoms with van der Waals surface area (Å²) in [5.74, 6) is -0.318. The molecule has 0 heterocycles. The molecule has 0 aliphatic carbocycles. The highest BCUT2D eigenvalue weighted by atomic mass is 16.4. The Hall–Kier alpha value is -1.84. The lowest BCUT2D eigenvalue weighted by Gasteiger charge is -2.01. The molecule has 0 atom stereocenters. The molecule has 0 saturated carbocycles. The summed E-state index contributed by atoms with van der Waals surface area (Å²) in [4.78, 5) is 11.5. The van der Waals surface area contributed by atoms with Gasteiger partial charge in [-0.25, -0.2) is 0 Å². The number of nitrogens with zero attached hydrogens (tertiary/aromatic N) is 1. The molecule has 1 aromatic rings. The van der Waals surface area contributed by atoms with Crippen LogP contribution in [0.5, 0.6) is 5.75 Å². The number of benzene rings is 1. The molecule has 14 heavy (non-hydrogen) atoms. The van der Waals surface area contributed by atoms with Crippen molar-refractivity contribution in [3.63, 3.8) is 0 Å². The predicted molar refractivity (Wildman–Crippen MR) is 51.9 cm³/mol. The van der Waals surface area contributed by atoms with Crippen molar-refractivity contribution in [3.05, 3.63) is 29.8 Å². The van der Waals surface area contributed by atoms with Crippen molar-refractivity contribution in [1.29, 1.82) is 0 Å². The van der Waals surface area contributed by atoms with Crippen molar-refractivity contribution in [1.82, 2.24) is 0 Å². The maximum absolute atomic E-state index is 11.5. The Bertz CT molecular complexity index is 371. The molecular weight excluding hydrogens is 182 g/mol. The van der Waals surface area contributed by atoms with Crippen LogP contribution in [0.3, 0.4) is 0 Å². The molecule has 0 saturated heterocycles. The molecule has 0 spiro atoms. The first-order valence-corrected chi connectivity index (χ1v) is 4.14. The van der Waals surface area contributed by atoms with E-state index in [9.17, 15) is 9.90 Å². The molecule has 0 bridgehead atoms. The summed E-state index contributed by atoms with van der Waals surface area (Å²) in [7, 11) is 0. The molecule has 2 N–H and O–H groups in total. The summed E-state index contributed by atoms with van der Waals surface area (Å²) in [6.07, 6.45) is 0.00801. The van der Waals surface area contributed by atoms with Crippen molar-refractivity contribution in [3.8, 4) is 5.75 Å². The first kappa shape index (κ1) is 10.2.